The van der Waals surface area contributed by atoms with Crippen molar-refractivity contribution in [1.29, 1.82) is 0 Å². The molecule has 21 heavy (non-hydrogen) atoms. The standard InChI is InChI=1S/C16H16BrF2NO/c1-2-8-20-10-12-14(18)4-3-5-16(12)21-11-6-7-15(19)13(17)9-11/h3-7,9,20H,2,8,10H2,1H3. The van der Waals surface area contributed by atoms with Crippen molar-refractivity contribution in [1.82, 2.24) is 5.32 Å². The Balaban J connectivity index is 2.22. The number of benzene rings is 2. The van der Waals surface area contributed by atoms with Gasteiger partial charge in [-0.3, -0.25) is 0 Å². The van der Waals surface area contributed by atoms with Gasteiger partial charge in [0.15, 0.2) is 0 Å². The zero-order chi connectivity index (χ0) is 15.2. The Bertz CT molecular complexity index is 619. The first-order valence-corrected chi connectivity index (χ1v) is 7.52. The molecule has 0 unspecified atom stereocenters. The maximum Gasteiger partial charge on any atom is 0.137 e. The zero-order valence-corrected chi connectivity index (χ0v) is 13.2. The summed E-state index contributed by atoms with van der Waals surface area (Å²) in [5.74, 6) is 0.187. The van der Waals surface area contributed by atoms with Crippen LogP contribution in [0, 0.1) is 11.6 Å². The second-order valence-electron chi connectivity index (χ2n) is 4.57. The van der Waals surface area contributed by atoms with E-state index in [0.29, 0.717) is 28.1 Å². The SMILES string of the molecule is CCCNCc1c(F)cccc1Oc1ccc(F)c(Br)c1. The minimum atomic E-state index is -0.369. The minimum Gasteiger partial charge on any atom is -0.457 e. The molecular weight excluding hydrogens is 340 g/mol. The van der Waals surface area contributed by atoms with Crippen LogP contribution in [0.4, 0.5) is 8.78 Å². The number of hydrogen-bond acceptors (Lipinski definition) is 2. The molecule has 0 radical (unpaired) electrons. The van der Waals surface area contributed by atoms with Gasteiger partial charge < -0.3 is 10.1 Å². The molecule has 0 heterocycles. The van der Waals surface area contributed by atoms with E-state index in [-0.39, 0.29) is 11.6 Å². The number of nitrogens with one attached hydrogen (secondary N) is 1. The molecule has 0 aromatic heterocycles. The van der Waals surface area contributed by atoms with Crippen molar-refractivity contribution in [3.05, 3.63) is 58.1 Å². The predicted molar refractivity (Wildman–Crippen MR) is 82.6 cm³/mol. The molecule has 0 saturated heterocycles. The van der Waals surface area contributed by atoms with Crippen LogP contribution in [0.1, 0.15) is 18.9 Å². The number of hydrogen-bond donors (Lipinski definition) is 1. The highest BCUT2D eigenvalue weighted by Crippen LogP contribution is 2.29. The molecule has 2 rings (SSSR count). The monoisotopic (exact) mass is 355 g/mol. The van der Waals surface area contributed by atoms with Crippen molar-refractivity contribution < 1.29 is 13.5 Å². The summed E-state index contributed by atoms with van der Waals surface area (Å²) in [4.78, 5) is 0. The van der Waals surface area contributed by atoms with E-state index in [2.05, 4.69) is 21.2 Å². The summed E-state index contributed by atoms with van der Waals surface area (Å²) in [5, 5.41) is 3.15. The zero-order valence-electron chi connectivity index (χ0n) is 11.6. The van der Waals surface area contributed by atoms with Gasteiger partial charge in [-0.1, -0.05) is 13.0 Å². The second-order valence-corrected chi connectivity index (χ2v) is 5.43. The van der Waals surface area contributed by atoms with Crippen molar-refractivity contribution in [3.63, 3.8) is 0 Å². The Hall–Kier alpha value is -1.46. The molecule has 5 heteroatoms. The van der Waals surface area contributed by atoms with E-state index in [1.54, 1.807) is 12.1 Å². The Morgan fingerprint density at radius 2 is 1.95 bits per heavy atom. The third kappa shape index (κ3) is 4.25. The molecule has 0 fully saturated rings. The third-order valence-corrected chi connectivity index (χ3v) is 3.53. The van der Waals surface area contributed by atoms with Crippen molar-refractivity contribution in [3.8, 4) is 11.5 Å². The van der Waals surface area contributed by atoms with Gasteiger partial charge in [-0.25, -0.2) is 8.78 Å². The molecular formula is C16H16BrF2NO. The molecule has 2 aromatic carbocycles. The van der Waals surface area contributed by atoms with Crippen LogP contribution in [-0.4, -0.2) is 6.54 Å². The molecule has 0 atom stereocenters. The lowest BCUT2D eigenvalue weighted by atomic mass is 10.2. The van der Waals surface area contributed by atoms with Crippen LogP contribution in [0.5, 0.6) is 11.5 Å². The van der Waals surface area contributed by atoms with Crippen LogP contribution >= 0.6 is 15.9 Å². The second kappa shape index (κ2) is 7.52. The average Bonchev–Trinajstić information content (AvgIpc) is 2.46. The van der Waals surface area contributed by atoms with E-state index in [4.69, 9.17) is 4.74 Å². The topological polar surface area (TPSA) is 21.3 Å². The summed E-state index contributed by atoms with van der Waals surface area (Å²) in [6.45, 7) is 3.23. The van der Waals surface area contributed by atoms with Crippen molar-refractivity contribution in [2.24, 2.45) is 0 Å². The fraction of sp³-hybridized carbons (Fsp3) is 0.250. The van der Waals surface area contributed by atoms with Crippen LogP contribution in [0.2, 0.25) is 0 Å². The molecule has 0 saturated carbocycles. The first-order valence-electron chi connectivity index (χ1n) is 6.73. The van der Waals surface area contributed by atoms with Gasteiger partial charge in [0.25, 0.3) is 0 Å². The van der Waals surface area contributed by atoms with E-state index >= 15 is 0 Å². The van der Waals surface area contributed by atoms with Gasteiger partial charge in [0.1, 0.15) is 23.1 Å². The summed E-state index contributed by atoms with van der Waals surface area (Å²) in [5.41, 5.74) is 0.464. The number of ether oxygens (including phenoxy) is 1. The van der Waals surface area contributed by atoms with E-state index < -0.39 is 0 Å². The summed E-state index contributed by atoms with van der Waals surface area (Å²) in [7, 11) is 0. The highest BCUT2D eigenvalue weighted by atomic mass is 79.9. The molecule has 2 nitrogen and oxygen atoms in total. The molecule has 0 aliphatic heterocycles. The highest BCUT2D eigenvalue weighted by molar-refractivity contribution is 9.10. The molecule has 1 N–H and O–H groups in total. The van der Waals surface area contributed by atoms with Gasteiger partial charge in [0.05, 0.1) is 4.47 Å². The maximum atomic E-state index is 13.9. The molecule has 0 bridgehead atoms. The predicted octanol–water partition coefficient (Wildman–Crippen LogP) is 5.02. The van der Waals surface area contributed by atoms with Crippen molar-refractivity contribution >= 4 is 15.9 Å². The molecule has 0 spiro atoms. The van der Waals surface area contributed by atoms with Crippen molar-refractivity contribution in [2.75, 3.05) is 6.54 Å². The van der Waals surface area contributed by atoms with Gasteiger partial charge in [-0.15, -0.1) is 0 Å². The lowest BCUT2D eigenvalue weighted by molar-refractivity contribution is 0.460. The van der Waals surface area contributed by atoms with E-state index in [0.717, 1.165) is 13.0 Å². The van der Waals surface area contributed by atoms with E-state index in [1.807, 2.05) is 6.92 Å². The van der Waals surface area contributed by atoms with Gasteiger partial charge in [0.2, 0.25) is 0 Å². The normalized spacial score (nSPS) is 10.7. The summed E-state index contributed by atoms with van der Waals surface area (Å²) in [6, 6.07) is 9.01. The first kappa shape index (κ1) is 15.9. The maximum absolute atomic E-state index is 13.9. The summed E-state index contributed by atoms with van der Waals surface area (Å²) < 4.78 is 33.1. The fourth-order valence-corrected chi connectivity index (χ4v) is 2.22. The highest BCUT2D eigenvalue weighted by Gasteiger charge is 2.11. The van der Waals surface area contributed by atoms with Crippen LogP contribution in [0.15, 0.2) is 40.9 Å². The van der Waals surface area contributed by atoms with Crippen LogP contribution in [0.25, 0.3) is 0 Å². The van der Waals surface area contributed by atoms with Crippen molar-refractivity contribution in [2.45, 2.75) is 19.9 Å². The Kier molecular flexibility index (Phi) is 5.70. The quantitative estimate of drug-likeness (QED) is 0.734. The largest absolute Gasteiger partial charge is 0.457 e. The van der Waals surface area contributed by atoms with Gasteiger partial charge in [0, 0.05) is 12.1 Å². The smallest absolute Gasteiger partial charge is 0.137 e. The molecule has 2 aromatic rings. The van der Waals surface area contributed by atoms with Gasteiger partial charge in [-0.05, 0) is 59.2 Å². The average molecular weight is 356 g/mol. The third-order valence-electron chi connectivity index (χ3n) is 2.92. The van der Waals surface area contributed by atoms with Crippen LogP contribution in [0.3, 0.4) is 0 Å². The molecule has 112 valence electrons. The lowest BCUT2D eigenvalue weighted by Crippen LogP contribution is -2.15. The van der Waals surface area contributed by atoms with Gasteiger partial charge in [-0.2, -0.15) is 0 Å². The summed E-state index contributed by atoms with van der Waals surface area (Å²) in [6.07, 6.45) is 0.968. The minimum absolute atomic E-state index is 0.307. The number of rotatable bonds is 6. The van der Waals surface area contributed by atoms with E-state index in [9.17, 15) is 8.78 Å². The van der Waals surface area contributed by atoms with E-state index in [1.165, 1.54) is 24.3 Å². The molecule has 0 aliphatic rings. The fourth-order valence-electron chi connectivity index (χ4n) is 1.86. The van der Waals surface area contributed by atoms with Gasteiger partial charge >= 0.3 is 0 Å². The van der Waals surface area contributed by atoms with Crippen LogP contribution < -0.4 is 10.1 Å². The molecule has 0 amide bonds. The first-order chi connectivity index (χ1) is 10.1. The Morgan fingerprint density at radius 3 is 2.67 bits per heavy atom. The Morgan fingerprint density at radius 1 is 1.14 bits per heavy atom. The van der Waals surface area contributed by atoms with Crippen LogP contribution in [-0.2, 0) is 6.54 Å². The lowest BCUT2D eigenvalue weighted by Gasteiger charge is -2.13. The molecule has 0 aliphatic carbocycles. The summed E-state index contributed by atoms with van der Waals surface area (Å²) >= 11 is 3.10. The number of halogens is 3. The Labute approximate surface area is 131 Å².